The number of halogens is 2. The number of rotatable bonds is 4. The molecule has 0 fully saturated rings. The van der Waals surface area contributed by atoms with Gasteiger partial charge in [0.15, 0.2) is 0 Å². The highest BCUT2D eigenvalue weighted by molar-refractivity contribution is 6.17. The summed E-state index contributed by atoms with van der Waals surface area (Å²) in [6.45, 7) is 2.41. The molecule has 3 nitrogen and oxygen atoms in total. The summed E-state index contributed by atoms with van der Waals surface area (Å²) in [5, 5.41) is 4.36. The van der Waals surface area contributed by atoms with Crippen molar-refractivity contribution in [2.45, 2.75) is 19.3 Å². The van der Waals surface area contributed by atoms with Gasteiger partial charge in [0.1, 0.15) is 11.6 Å². The highest BCUT2D eigenvalue weighted by Gasteiger charge is 2.17. The molecule has 0 saturated carbocycles. The molecule has 1 aromatic heterocycles. The molecule has 1 heterocycles. The van der Waals surface area contributed by atoms with E-state index in [9.17, 15) is 4.39 Å². The van der Waals surface area contributed by atoms with Crippen LogP contribution >= 0.6 is 11.6 Å². The second-order valence-electron chi connectivity index (χ2n) is 4.59. The summed E-state index contributed by atoms with van der Waals surface area (Å²) in [5.41, 5.74) is 2.56. The predicted octanol–water partition coefficient (Wildman–Crippen LogP) is 3.24. The van der Waals surface area contributed by atoms with Crippen molar-refractivity contribution in [1.82, 2.24) is 9.78 Å². The van der Waals surface area contributed by atoms with Gasteiger partial charge in [0.2, 0.25) is 0 Å². The van der Waals surface area contributed by atoms with Crippen LogP contribution in [0.5, 0.6) is 0 Å². The Bertz CT molecular complexity index is 580. The molecule has 0 aliphatic rings. The van der Waals surface area contributed by atoms with Crippen LogP contribution in [-0.2, 0) is 19.5 Å². The number of hydrogen-bond acceptors (Lipinski definition) is 2. The molecule has 0 bridgehead atoms. The van der Waals surface area contributed by atoms with E-state index in [4.69, 9.17) is 11.6 Å². The first kappa shape index (κ1) is 13.9. The van der Waals surface area contributed by atoms with Gasteiger partial charge in [-0.15, -0.1) is 11.6 Å². The van der Waals surface area contributed by atoms with E-state index >= 15 is 0 Å². The smallest absolute Gasteiger partial charge is 0.131 e. The SMILES string of the molecule is Cc1nn(C)c(N(C)Cc2ccccc2F)c1CCl. The zero-order valence-electron chi connectivity index (χ0n) is 11.3. The van der Waals surface area contributed by atoms with E-state index < -0.39 is 0 Å². The van der Waals surface area contributed by atoms with Crippen molar-refractivity contribution >= 4 is 17.4 Å². The molecule has 2 rings (SSSR count). The maximum Gasteiger partial charge on any atom is 0.131 e. The van der Waals surface area contributed by atoms with Crippen molar-refractivity contribution in [2.24, 2.45) is 7.05 Å². The van der Waals surface area contributed by atoms with Gasteiger partial charge in [-0.25, -0.2) is 4.39 Å². The first-order chi connectivity index (χ1) is 9.04. The van der Waals surface area contributed by atoms with Crippen LogP contribution in [0.15, 0.2) is 24.3 Å². The summed E-state index contributed by atoms with van der Waals surface area (Å²) in [4.78, 5) is 1.97. The minimum atomic E-state index is -0.194. The molecular formula is C14H17ClFN3. The largest absolute Gasteiger partial charge is 0.355 e. The highest BCUT2D eigenvalue weighted by atomic mass is 35.5. The van der Waals surface area contributed by atoms with Crippen LogP contribution in [0.1, 0.15) is 16.8 Å². The third-order valence-electron chi connectivity index (χ3n) is 3.17. The van der Waals surface area contributed by atoms with Gasteiger partial charge in [0, 0.05) is 31.8 Å². The normalized spacial score (nSPS) is 10.8. The number of alkyl halides is 1. The molecule has 0 aliphatic heterocycles. The van der Waals surface area contributed by atoms with Gasteiger partial charge in [0.25, 0.3) is 0 Å². The number of nitrogens with zero attached hydrogens (tertiary/aromatic N) is 3. The first-order valence-corrected chi connectivity index (χ1v) is 6.61. The fourth-order valence-corrected chi connectivity index (χ4v) is 2.59. The van der Waals surface area contributed by atoms with Gasteiger partial charge in [-0.1, -0.05) is 18.2 Å². The summed E-state index contributed by atoms with van der Waals surface area (Å²) >= 11 is 5.97. The van der Waals surface area contributed by atoms with Crippen LogP contribution in [0.25, 0.3) is 0 Å². The van der Waals surface area contributed by atoms with Gasteiger partial charge in [0.05, 0.1) is 11.6 Å². The molecule has 0 N–H and O–H groups in total. The van der Waals surface area contributed by atoms with E-state index in [1.807, 2.05) is 32.0 Å². The summed E-state index contributed by atoms with van der Waals surface area (Å²) in [6, 6.07) is 6.79. The van der Waals surface area contributed by atoms with E-state index in [0.717, 1.165) is 17.1 Å². The van der Waals surface area contributed by atoms with Crippen molar-refractivity contribution in [3.8, 4) is 0 Å². The quantitative estimate of drug-likeness (QED) is 0.802. The topological polar surface area (TPSA) is 21.1 Å². The molecular weight excluding hydrogens is 265 g/mol. The summed E-state index contributed by atoms with van der Waals surface area (Å²) in [5.74, 6) is 1.13. The van der Waals surface area contributed by atoms with Crippen LogP contribution in [0, 0.1) is 12.7 Å². The lowest BCUT2D eigenvalue weighted by atomic mass is 10.2. The van der Waals surface area contributed by atoms with E-state index in [1.54, 1.807) is 16.8 Å². The van der Waals surface area contributed by atoms with Gasteiger partial charge < -0.3 is 4.90 Å². The van der Waals surface area contributed by atoms with Crippen LogP contribution < -0.4 is 4.90 Å². The molecule has 19 heavy (non-hydrogen) atoms. The van der Waals surface area contributed by atoms with Crippen molar-refractivity contribution < 1.29 is 4.39 Å². The number of benzene rings is 1. The van der Waals surface area contributed by atoms with E-state index in [-0.39, 0.29) is 5.82 Å². The lowest BCUT2D eigenvalue weighted by Gasteiger charge is -2.21. The van der Waals surface area contributed by atoms with Crippen molar-refractivity contribution in [1.29, 1.82) is 0 Å². The Hall–Kier alpha value is -1.55. The molecule has 0 unspecified atom stereocenters. The standard InChI is InChI=1S/C14H17ClFN3/c1-10-12(8-15)14(19(3)17-10)18(2)9-11-6-4-5-7-13(11)16/h4-7H,8-9H2,1-3H3. The van der Waals surface area contributed by atoms with Crippen molar-refractivity contribution in [3.05, 3.63) is 46.9 Å². The van der Waals surface area contributed by atoms with Gasteiger partial charge in [-0.3, -0.25) is 4.68 Å². The second-order valence-corrected chi connectivity index (χ2v) is 4.86. The molecule has 0 radical (unpaired) electrons. The van der Waals surface area contributed by atoms with Crippen LogP contribution in [-0.4, -0.2) is 16.8 Å². The average Bonchev–Trinajstić information content (AvgIpc) is 2.66. The number of aromatic nitrogens is 2. The molecule has 1 aromatic carbocycles. The summed E-state index contributed by atoms with van der Waals surface area (Å²) in [7, 11) is 3.79. The first-order valence-electron chi connectivity index (χ1n) is 6.07. The lowest BCUT2D eigenvalue weighted by Crippen LogP contribution is -2.21. The van der Waals surface area contributed by atoms with Crippen LogP contribution in [0.4, 0.5) is 10.2 Å². The van der Waals surface area contributed by atoms with Crippen LogP contribution in [0.2, 0.25) is 0 Å². The molecule has 0 spiro atoms. The maximum atomic E-state index is 13.7. The fourth-order valence-electron chi connectivity index (χ4n) is 2.28. The summed E-state index contributed by atoms with van der Waals surface area (Å²) in [6.07, 6.45) is 0. The maximum absolute atomic E-state index is 13.7. The Morgan fingerprint density at radius 3 is 2.68 bits per heavy atom. The highest BCUT2D eigenvalue weighted by Crippen LogP contribution is 2.25. The molecule has 0 amide bonds. The second kappa shape index (κ2) is 5.61. The van der Waals surface area contributed by atoms with Crippen molar-refractivity contribution in [2.75, 3.05) is 11.9 Å². The Labute approximate surface area is 117 Å². The molecule has 0 atom stereocenters. The minimum absolute atomic E-state index is 0.194. The van der Waals surface area contributed by atoms with Gasteiger partial charge in [-0.05, 0) is 13.0 Å². The monoisotopic (exact) mass is 281 g/mol. The Kier molecular flexibility index (Phi) is 4.10. The average molecular weight is 282 g/mol. The Balaban J connectivity index is 2.30. The Morgan fingerprint density at radius 2 is 2.05 bits per heavy atom. The number of anilines is 1. The molecule has 102 valence electrons. The van der Waals surface area contributed by atoms with E-state index in [2.05, 4.69) is 5.10 Å². The fraction of sp³-hybridized carbons (Fsp3) is 0.357. The third-order valence-corrected chi connectivity index (χ3v) is 3.44. The molecule has 0 saturated heterocycles. The molecule has 0 aliphatic carbocycles. The zero-order valence-corrected chi connectivity index (χ0v) is 12.1. The lowest BCUT2D eigenvalue weighted by molar-refractivity contribution is 0.605. The minimum Gasteiger partial charge on any atom is -0.355 e. The zero-order chi connectivity index (χ0) is 14.0. The predicted molar refractivity (Wildman–Crippen MR) is 76.0 cm³/mol. The molecule has 5 heteroatoms. The van der Waals surface area contributed by atoms with Gasteiger partial charge in [-0.2, -0.15) is 5.10 Å². The number of aryl methyl sites for hydroxylation is 2. The molecule has 2 aromatic rings. The number of hydrogen-bond donors (Lipinski definition) is 0. The summed E-state index contributed by atoms with van der Waals surface area (Å²) < 4.78 is 15.5. The van der Waals surface area contributed by atoms with Crippen LogP contribution in [0.3, 0.4) is 0 Å². The van der Waals surface area contributed by atoms with Gasteiger partial charge >= 0.3 is 0 Å². The van der Waals surface area contributed by atoms with E-state index in [1.165, 1.54) is 6.07 Å². The third kappa shape index (κ3) is 2.73. The van der Waals surface area contributed by atoms with E-state index in [0.29, 0.717) is 18.0 Å². The van der Waals surface area contributed by atoms with Crippen molar-refractivity contribution in [3.63, 3.8) is 0 Å². The Morgan fingerprint density at radius 1 is 1.37 bits per heavy atom.